The number of ether oxygens (including phenoxy) is 1. The number of halogens is 1. The molecule has 0 aliphatic carbocycles. The van der Waals surface area contributed by atoms with E-state index in [1.807, 2.05) is 37.3 Å². The van der Waals surface area contributed by atoms with Gasteiger partial charge in [-0.15, -0.1) is 0 Å². The van der Waals surface area contributed by atoms with Gasteiger partial charge in [-0.3, -0.25) is 9.59 Å². The smallest absolute Gasteiger partial charge is 0.311 e. The van der Waals surface area contributed by atoms with E-state index in [4.69, 9.17) is 20.9 Å². The van der Waals surface area contributed by atoms with Crippen LogP contribution in [0.1, 0.15) is 30.8 Å². The first-order valence-corrected chi connectivity index (χ1v) is 9.98. The summed E-state index contributed by atoms with van der Waals surface area (Å²) in [6.45, 7) is 2.14. The molecule has 7 nitrogen and oxygen atoms in total. The van der Waals surface area contributed by atoms with Crippen LogP contribution < -0.4 is 0 Å². The number of nitrogens with zero attached hydrogens (tertiary/aromatic N) is 3. The maximum atomic E-state index is 12.5. The van der Waals surface area contributed by atoms with Gasteiger partial charge in [0.1, 0.15) is 0 Å². The molecule has 30 heavy (non-hydrogen) atoms. The highest BCUT2D eigenvalue weighted by Crippen LogP contribution is 2.29. The van der Waals surface area contributed by atoms with Crippen molar-refractivity contribution in [1.82, 2.24) is 15.0 Å². The molecule has 2 heterocycles. The normalized spacial score (nSPS) is 17.2. The maximum absolute atomic E-state index is 12.5. The lowest BCUT2D eigenvalue weighted by molar-refractivity contribution is -0.150. The van der Waals surface area contributed by atoms with E-state index in [0.29, 0.717) is 17.4 Å². The molecule has 1 aliphatic rings. The lowest BCUT2D eigenvalue weighted by Gasteiger charge is -2.25. The van der Waals surface area contributed by atoms with Crippen molar-refractivity contribution in [3.05, 3.63) is 71.1 Å². The van der Waals surface area contributed by atoms with E-state index in [1.54, 1.807) is 29.2 Å². The molecule has 0 bridgehead atoms. The molecule has 0 N–H and O–H groups in total. The van der Waals surface area contributed by atoms with Gasteiger partial charge in [0.2, 0.25) is 11.7 Å². The highest BCUT2D eigenvalue weighted by Gasteiger charge is 2.38. The Morgan fingerprint density at radius 2 is 1.97 bits per heavy atom. The molecule has 3 aromatic rings. The number of rotatable bonds is 6. The quantitative estimate of drug-likeness (QED) is 0.554. The Labute approximate surface area is 178 Å². The van der Waals surface area contributed by atoms with Crippen molar-refractivity contribution >= 4 is 23.5 Å². The molecule has 0 unspecified atom stereocenters. The largest absolute Gasteiger partial charge is 0.455 e. The van der Waals surface area contributed by atoms with Crippen LogP contribution in [-0.4, -0.2) is 33.5 Å². The maximum Gasteiger partial charge on any atom is 0.311 e. The molecule has 0 radical (unpaired) electrons. The summed E-state index contributed by atoms with van der Waals surface area (Å²) >= 11 is 5.88. The highest BCUT2D eigenvalue weighted by molar-refractivity contribution is 6.30. The fourth-order valence-electron chi connectivity index (χ4n) is 3.46. The summed E-state index contributed by atoms with van der Waals surface area (Å²) in [6, 6.07) is 16.6. The highest BCUT2D eigenvalue weighted by atomic mass is 35.5. The van der Waals surface area contributed by atoms with Crippen molar-refractivity contribution in [2.24, 2.45) is 5.92 Å². The third kappa shape index (κ3) is 4.36. The topological polar surface area (TPSA) is 85.5 Å². The Kier molecular flexibility index (Phi) is 5.81. The first kappa shape index (κ1) is 20.1. The number of amides is 1. The second-order valence-electron chi connectivity index (χ2n) is 7.16. The Morgan fingerprint density at radius 3 is 2.70 bits per heavy atom. The van der Waals surface area contributed by atoms with Gasteiger partial charge in [-0.1, -0.05) is 47.1 Å². The summed E-state index contributed by atoms with van der Waals surface area (Å²) in [5.74, 6) is -0.445. The van der Waals surface area contributed by atoms with Crippen molar-refractivity contribution in [1.29, 1.82) is 0 Å². The van der Waals surface area contributed by atoms with Gasteiger partial charge in [0.15, 0.2) is 6.61 Å². The molecular weight excluding hydrogens is 406 g/mol. The number of hydrogen-bond donors (Lipinski definition) is 0. The van der Waals surface area contributed by atoms with Crippen LogP contribution in [0.25, 0.3) is 11.4 Å². The summed E-state index contributed by atoms with van der Waals surface area (Å²) in [6.07, 6.45) is 0.135. The molecular formula is C22H20ClN3O4. The molecule has 2 aromatic carbocycles. The van der Waals surface area contributed by atoms with E-state index in [-0.39, 0.29) is 30.9 Å². The van der Waals surface area contributed by atoms with Crippen LogP contribution in [0, 0.1) is 5.92 Å². The van der Waals surface area contributed by atoms with Gasteiger partial charge >= 0.3 is 5.97 Å². The molecule has 0 spiro atoms. The first-order chi connectivity index (χ1) is 14.5. The fourth-order valence-corrected chi connectivity index (χ4v) is 3.58. The summed E-state index contributed by atoms with van der Waals surface area (Å²) in [5.41, 5.74) is 1.77. The van der Waals surface area contributed by atoms with Gasteiger partial charge in [0, 0.05) is 23.6 Å². The van der Waals surface area contributed by atoms with Gasteiger partial charge in [-0.2, -0.15) is 4.98 Å². The number of aromatic nitrogens is 2. The number of likely N-dealkylation sites (tertiary alicyclic amines) is 1. The molecule has 8 heteroatoms. The summed E-state index contributed by atoms with van der Waals surface area (Å²) in [4.78, 5) is 30.9. The zero-order valence-electron chi connectivity index (χ0n) is 16.3. The predicted molar refractivity (Wildman–Crippen MR) is 109 cm³/mol. The lowest BCUT2D eigenvalue weighted by atomic mass is 10.1. The lowest BCUT2D eigenvalue weighted by Crippen LogP contribution is -2.29. The molecule has 1 fully saturated rings. The number of esters is 1. The van der Waals surface area contributed by atoms with E-state index >= 15 is 0 Å². The first-order valence-electron chi connectivity index (χ1n) is 9.61. The minimum absolute atomic E-state index is 0.0592. The Bertz CT molecular complexity index is 1040. The van der Waals surface area contributed by atoms with E-state index in [1.165, 1.54) is 0 Å². The van der Waals surface area contributed by atoms with Gasteiger partial charge in [0.25, 0.3) is 5.89 Å². The Morgan fingerprint density at radius 1 is 1.23 bits per heavy atom. The zero-order chi connectivity index (χ0) is 21.1. The summed E-state index contributed by atoms with van der Waals surface area (Å²) < 4.78 is 10.5. The summed E-state index contributed by atoms with van der Waals surface area (Å²) in [5, 5.41) is 4.50. The molecule has 1 amide bonds. The van der Waals surface area contributed by atoms with Crippen molar-refractivity contribution in [3.8, 4) is 11.4 Å². The van der Waals surface area contributed by atoms with Crippen molar-refractivity contribution < 1.29 is 18.8 Å². The summed E-state index contributed by atoms with van der Waals surface area (Å²) in [7, 11) is 0. The zero-order valence-corrected chi connectivity index (χ0v) is 17.1. The molecule has 2 atom stereocenters. The third-order valence-corrected chi connectivity index (χ3v) is 5.40. The predicted octanol–water partition coefficient (Wildman–Crippen LogP) is 4.04. The molecule has 1 saturated heterocycles. The Hall–Kier alpha value is -3.19. The SMILES string of the molecule is C[C@@H](c1ccccc1)N1C[C@H](C(=O)OCc2nc(-c3ccc(Cl)cc3)no2)CC1=O. The van der Waals surface area contributed by atoms with Gasteiger partial charge in [-0.05, 0) is 36.8 Å². The van der Waals surface area contributed by atoms with E-state index in [0.717, 1.165) is 11.1 Å². The second kappa shape index (κ2) is 8.67. The van der Waals surface area contributed by atoms with E-state index < -0.39 is 11.9 Å². The molecule has 4 rings (SSSR count). The third-order valence-electron chi connectivity index (χ3n) is 5.15. The molecule has 0 saturated carbocycles. The number of carbonyl (C=O) groups is 2. The van der Waals surface area contributed by atoms with Crippen LogP contribution in [-0.2, 0) is 20.9 Å². The monoisotopic (exact) mass is 425 g/mol. The van der Waals surface area contributed by atoms with Gasteiger partial charge in [-0.25, -0.2) is 0 Å². The van der Waals surface area contributed by atoms with Crippen LogP contribution in [0.4, 0.5) is 0 Å². The number of hydrogen-bond acceptors (Lipinski definition) is 6. The molecule has 154 valence electrons. The van der Waals surface area contributed by atoms with Crippen LogP contribution >= 0.6 is 11.6 Å². The van der Waals surface area contributed by atoms with E-state index in [9.17, 15) is 9.59 Å². The van der Waals surface area contributed by atoms with Gasteiger partial charge < -0.3 is 14.2 Å². The van der Waals surface area contributed by atoms with Crippen LogP contribution in [0.3, 0.4) is 0 Å². The Balaban J connectivity index is 1.34. The average Bonchev–Trinajstić information content (AvgIpc) is 3.39. The van der Waals surface area contributed by atoms with Crippen LogP contribution in [0.15, 0.2) is 59.1 Å². The van der Waals surface area contributed by atoms with Crippen molar-refractivity contribution in [2.45, 2.75) is 26.0 Å². The molecule has 1 aliphatic heterocycles. The number of benzene rings is 2. The fraction of sp³-hybridized carbons (Fsp3) is 0.273. The number of carbonyl (C=O) groups excluding carboxylic acids is 2. The second-order valence-corrected chi connectivity index (χ2v) is 7.60. The standard InChI is InChI=1S/C22H20ClN3O4/c1-14(15-5-3-2-4-6-15)26-12-17(11-20(26)27)22(28)29-13-19-24-21(25-30-19)16-7-9-18(23)10-8-16/h2-10,14,17H,11-13H2,1H3/t14-,17+/m0/s1. The minimum atomic E-state index is -0.512. The van der Waals surface area contributed by atoms with Crippen LogP contribution in [0.5, 0.6) is 0 Å². The van der Waals surface area contributed by atoms with Crippen LogP contribution in [0.2, 0.25) is 5.02 Å². The van der Waals surface area contributed by atoms with Gasteiger partial charge in [0.05, 0.1) is 12.0 Å². The minimum Gasteiger partial charge on any atom is -0.455 e. The van der Waals surface area contributed by atoms with E-state index in [2.05, 4.69) is 10.1 Å². The van der Waals surface area contributed by atoms with Crippen molar-refractivity contribution in [3.63, 3.8) is 0 Å². The average molecular weight is 426 g/mol. The van der Waals surface area contributed by atoms with Crippen molar-refractivity contribution in [2.75, 3.05) is 6.54 Å². The molecule has 1 aromatic heterocycles.